The van der Waals surface area contributed by atoms with Crippen LogP contribution in [0.15, 0.2) is 49.3 Å². The zero-order valence-corrected chi connectivity index (χ0v) is 13.3. The molecule has 4 aromatic rings. The number of hydrogen-bond acceptors (Lipinski definition) is 2. The Hall–Kier alpha value is -2.81. The second-order valence-electron chi connectivity index (χ2n) is 6.00. The fraction of sp³-hybridized carbons (Fsp3) is 0.150. The van der Waals surface area contributed by atoms with Crippen LogP contribution in [0.1, 0.15) is 11.1 Å². The topological polar surface area (TPSA) is 38.0 Å². The van der Waals surface area contributed by atoms with Crippen LogP contribution in [0.3, 0.4) is 0 Å². The number of hydrogen-bond donors (Lipinski definition) is 1. The van der Waals surface area contributed by atoms with E-state index in [1.165, 1.54) is 32.8 Å². The smallest absolute Gasteiger partial charge is 0.116 e. The fourth-order valence-electron chi connectivity index (χ4n) is 3.71. The van der Waals surface area contributed by atoms with Crippen LogP contribution < -0.4 is 0 Å². The maximum absolute atomic E-state index is 9.96. The van der Waals surface area contributed by atoms with E-state index in [9.17, 15) is 5.11 Å². The predicted molar refractivity (Wildman–Crippen MR) is 96.1 cm³/mol. The zero-order chi connectivity index (χ0) is 16.1. The summed E-state index contributed by atoms with van der Waals surface area (Å²) in [5.41, 5.74) is 4.77. The molecule has 0 fully saturated rings. The van der Waals surface area contributed by atoms with Crippen LogP contribution in [0.2, 0.25) is 0 Å². The zero-order valence-electron chi connectivity index (χ0n) is 13.3. The average molecular weight is 302 g/mol. The lowest BCUT2D eigenvalue weighted by Crippen LogP contribution is -1.97. The summed E-state index contributed by atoms with van der Waals surface area (Å²) >= 11 is 0. The molecule has 0 saturated heterocycles. The van der Waals surface area contributed by atoms with Crippen molar-refractivity contribution in [3.05, 3.63) is 60.4 Å². The Bertz CT molecular complexity index is 1090. The lowest BCUT2D eigenvalue weighted by atomic mass is 9.97. The Balaban J connectivity index is 2.37. The molecule has 1 N–H and O–H groups in total. The van der Waals surface area contributed by atoms with Crippen LogP contribution in [-0.2, 0) is 6.54 Å². The molecule has 23 heavy (non-hydrogen) atoms. The van der Waals surface area contributed by atoms with Crippen molar-refractivity contribution in [1.82, 2.24) is 9.55 Å². The van der Waals surface area contributed by atoms with Gasteiger partial charge in [-0.25, -0.2) is 0 Å². The van der Waals surface area contributed by atoms with Gasteiger partial charge in [0.15, 0.2) is 0 Å². The van der Waals surface area contributed by atoms with Gasteiger partial charge < -0.3 is 9.67 Å². The van der Waals surface area contributed by atoms with Gasteiger partial charge in [-0.05, 0) is 54.6 Å². The van der Waals surface area contributed by atoms with E-state index in [0.29, 0.717) is 5.75 Å². The molecular weight excluding hydrogens is 284 g/mol. The molecule has 0 aliphatic rings. The first-order valence-corrected chi connectivity index (χ1v) is 7.72. The fourth-order valence-corrected chi connectivity index (χ4v) is 3.71. The molecule has 3 heteroatoms. The largest absolute Gasteiger partial charge is 0.508 e. The van der Waals surface area contributed by atoms with Gasteiger partial charge in [-0.2, -0.15) is 0 Å². The first-order valence-electron chi connectivity index (χ1n) is 7.72. The number of rotatable bonds is 2. The monoisotopic (exact) mass is 302 g/mol. The lowest BCUT2D eigenvalue weighted by Gasteiger charge is -2.11. The van der Waals surface area contributed by atoms with Crippen molar-refractivity contribution >= 4 is 32.6 Å². The Labute approximate surface area is 134 Å². The van der Waals surface area contributed by atoms with Crippen molar-refractivity contribution in [2.24, 2.45) is 0 Å². The van der Waals surface area contributed by atoms with E-state index < -0.39 is 0 Å². The van der Waals surface area contributed by atoms with Gasteiger partial charge in [0.25, 0.3) is 0 Å². The second kappa shape index (κ2) is 4.85. The van der Waals surface area contributed by atoms with Crippen molar-refractivity contribution in [3.63, 3.8) is 0 Å². The van der Waals surface area contributed by atoms with Gasteiger partial charge >= 0.3 is 0 Å². The van der Waals surface area contributed by atoms with Crippen molar-refractivity contribution in [2.75, 3.05) is 0 Å². The highest BCUT2D eigenvalue weighted by Crippen LogP contribution is 2.39. The molecule has 0 radical (unpaired) electrons. The Kier molecular flexibility index (Phi) is 2.91. The summed E-state index contributed by atoms with van der Waals surface area (Å²) in [6.07, 6.45) is 5.68. The van der Waals surface area contributed by atoms with E-state index in [-0.39, 0.29) is 0 Å². The van der Waals surface area contributed by atoms with Crippen LogP contribution in [0.25, 0.3) is 32.6 Å². The number of aryl methyl sites for hydroxylation is 2. The number of aromatic hydroxyl groups is 1. The first kappa shape index (κ1) is 13.8. The Morgan fingerprint density at radius 1 is 1.13 bits per heavy atom. The summed E-state index contributed by atoms with van der Waals surface area (Å²) in [6.45, 7) is 8.93. The van der Waals surface area contributed by atoms with Crippen molar-refractivity contribution in [1.29, 1.82) is 0 Å². The normalized spacial score (nSPS) is 11.6. The minimum absolute atomic E-state index is 0.290. The summed E-state index contributed by atoms with van der Waals surface area (Å²) in [5.74, 6) is 0.290. The molecule has 2 aromatic carbocycles. The number of benzene rings is 2. The second-order valence-corrected chi connectivity index (χ2v) is 6.00. The lowest BCUT2D eigenvalue weighted by molar-refractivity contribution is 0.476. The number of pyridine rings is 1. The molecule has 4 rings (SSSR count). The summed E-state index contributed by atoms with van der Waals surface area (Å²) in [6, 6.07) is 7.65. The van der Waals surface area contributed by atoms with Gasteiger partial charge in [0.05, 0.1) is 5.52 Å². The van der Waals surface area contributed by atoms with E-state index in [1.54, 1.807) is 6.07 Å². The molecule has 0 amide bonds. The van der Waals surface area contributed by atoms with Crippen molar-refractivity contribution in [2.45, 2.75) is 20.4 Å². The highest BCUT2D eigenvalue weighted by molar-refractivity contribution is 6.17. The van der Waals surface area contributed by atoms with Gasteiger partial charge in [-0.15, -0.1) is 6.58 Å². The standard InChI is InChI=1S/C20H18N2O/c1-4-9-22-18-6-5-14(23)10-16(18)19-12(2)17-11-21-8-7-15(17)13(3)20(19)22/h4-8,10-11,23H,1,9H2,2-3H3. The van der Waals surface area contributed by atoms with Crippen LogP contribution >= 0.6 is 0 Å². The molecule has 0 aliphatic carbocycles. The first-order chi connectivity index (χ1) is 11.1. The minimum atomic E-state index is 0.290. The summed E-state index contributed by atoms with van der Waals surface area (Å²) in [5, 5.41) is 14.6. The Morgan fingerprint density at radius 3 is 2.74 bits per heavy atom. The number of fused-ring (bicyclic) bond motifs is 4. The molecule has 2 heterocycles. The van der Waals surface area contributed by atoms with Crippen molar-refractivity contribution in [3.8, 4) is 5.75 Å². The SMILES string of the molecule is C=CCn1c2ccc(O)cc2c2c(C)c3cnccc3c(C)c21. The van der Waals surface area contributed by atoms with Crippen LogP contribution in [0.5, 0.6) is 5.75 Å². The van der Waals surface area contributed by atoms with Crippen LogP contribution in [0.4, 0.5) is 0 Å². The van der Waals surface area contributed by atoms with Crippen LogP contribution in [-0.4, -0.2) is 14.7 Å². The van der Waals surface area contributed by atoms with Gasteiger partial charge in [-0.1, -0.05) is 6.08 Å². The number of phenolic OH excluding ortho intramolecular Hbond substituents is 1. The summed E-state index contributed by atoms with van der Waals surface area (Å²) in [7, 11) is 0. The molecule has 0 aliphatic heterocycles. The van der Waals surface area contributed by atoms with Crippen molar-refractivity contribution < 1.29 is 5.11 Å². The predicted octanol–water partition coefficient (Wildman–Crippen LogP) is 4.85. The van der Waals surface area contributed by atoms with Gasteiger partial charge in [0.1, 0.15) is 5.75 Å². The minimum Gasteiger partial charge on any atom is -0.508 e. The van der Waals surface area contributed by atoms with E-state index in [2.05, 4.69) is 36.0 Å². The van der Waals surface area contributed by atoms with Gasteiger partial charge in [0, 0.05) is 40.6 Å². The third-order valence-electron chi connectivity index (χ3n) is 4.72. The highest BCUT2D eigenvalue weighted by atomic mass is 16.3. The molecule has 2 aromatic heterocycles. The average Bonchev–Trinajstić information content (AvgIpc) is 2.87. The van der Waals surface area contributed by atoms with E-state index >= 15 is 0 Å². The maximum atomic E-state index is 9.96. The molecular formula is C20H18N2O. The number of allylic oxidation sites excluding steroid dienone is 1. The van der Waals surface area contributed by atoms with E-state index in [4.69, 9.17) is 0 Å². The van der Waals surface area contributed by atoms with Gasteiger partial charge in [0.2, 0.25) is 0 Å². The molecule has 114 valence electrons. The molecule has 0 unspecified atom stereocenters. The highest BCUT2D eigenvalue weighted by Gasteiger charge is 2.17. The third kappa shape index (κ3) is 1.80. The van der Waals surface area contributed by atoms with E-state index in [1.807, 2.05) is 30.6 Å². The Morgan fingerprint density at radius 2 is 1.96 bits per heavy atom. The van der Waals surface area contributed by atoms with E-state index in [0.717, 1.165) is 17.4 Å². The molecule has 0 saturated carbocycles. The maximum Gasteiger partial charge on any atom is 0.116 e. The quantitative estimate of drug-likeness (QED) is 0.537. The third-order valence-corrected chi connectivity index (χ3v) is 4.72. The molecule has 0 bridgehead atoms. The summed E-state index contributed by atoms with van der Waals surface area (Å²) in [4.78, 5) is 4.29. The number of nitrogens with zero attached hydrogens (tertiary/aromatic N) is 2. The van der Waals surface area contributed by atoms with Gasteiger partial charge in [-0.3, -0.25) is 4.98 Å². The molecule has 0 spiro atoms. The molecule has 3 nitrogen and oxygen atoms in total. The number of aromatic nitrogens is 2. The number of phenols is 1. The summed E-state index contributed by atoms with van der Waals surface area (Å²) < 4.78 is 2.28. The molecule has 0 atom stereocenters. The van der Waals surface area contributed by atoms with Crippen LogP contribution in [0, 0.1) is 13.8 Å².